The predicted octanol–water partition coefficient (Wildman–Crippen LogP) is 10.0. The van der Waals surface area contributed by atoms with Crippen molar-refractivity contribution in [1.82, 2.24) is 0 Å². The van der Waals surface area contributed by atoms with Crippen LogP contribution in [0, 0.1) is 27.7 Å². The largest absolute Gasteiger partial charge is 0.0761 e. The summed E-state index contributed by atoms with van der Waals surface area (Å²) >= 11 is 0. The highest BCUT2D eigenvalue weighted by molar-refractivity contribution is 5.80. The molecule has 0 aliphatic heterocycles. The minimum Gasteiger partial charge on any atom is -0.0761 e. The van der Waals surface area contributed by atoms with Crippen LogP contribution < -0.4 is 0 Å². The summed E-state index contributed by atoms with van der Waals surface area (Å²) < 4.78 is 0. The van der Waals surface area contributed by atoms with Gasteiger partial charge in [0, 0.05) is 0 Å². The summed E-state index contributed by atoms with van der Waals surface area (Å²) in [6.07, 6.45) is 9.37. The van der Waals surface area contributed by atoms with E-state index in [2.05, 4.69) is 137 Å². The van der Waals surface area contributed by atoms with Crippen molar-refractivity contribution in [3.05, 3.63) is 154 Å². The van der Waals surface area contributed by atoms with Gasteiger partial charge in [0.2, 0.25) is 0 Å². The van der Waals surface area contributed by atoms with E-state index in [4.69, 9.17) is 0 Å². The van der Waals surface area contributed by atoms with Gasteiger partial charge in [-0.15, -0.1) is 0 Å². The SMILES string of the molecule is Cc1ccc(C(=CCCCCC=C(c2ccc(C)cc2)c2ccc(C)cc2)c2ccc(C)cc2)cc1. The molecule has 0 bridgehead atoms. The third-order valence-corrected chi connectivity index (χ3v) is 6.81. The van der Waals surface area contributed by atoms with E-state index < -0.39 is 0 Å². The van der Waals surface area contributed by atoms with Crippen LogP contribution in [-0.4, -0.2) is 0 Å². The van der Waals surface area contributed by atoms with Crippen molar-refractivity contribution in [3.63, 3.8) is 0 Å². The average molecular weight is 471 g/mol. The first-order valence-electron chi connectivity index (χ1n) is 13.2. The highest BCUT2D eigenvalue weighted by Gasteiger charge is 2.06. The Labute approximate surface area is 218 Å². The van der Waals surface area contributed by atoms with E-state index in [9.17, 15) is 0 Å². The Morgan fingerprint density at radius 1 is 0.389 bits per heavy atom. The van der Waals surface area contributed by atoms with Crippen LogP contribution in [0.3, 0.4) is 0 Å². The normalized spacial score (nSPS) is 10.7. The molecule has 0 nitrogen and oxygen atoms in total. The second-order valence-corrected chi connectivity index (χ2v) is 9.98. The number of aryl methyl sites for hydroxylation is 4. The number of benzene rings is 4. The first-order chi connectivity index (χ1) is 17.5. The second-order valence-electron chi connectivity index (χ2n) is 9.98. The van der Waals surface area contributed by atoms with E-state index >= 15 is 0 Å². The first-order valence-corrected chi connectivity index (χ1v) is 13.2. The van der Waals surface area contributed by atoms with Gasteiger partial charge in [-0.25, -0.2) is 0 Å². The van der Waals surface area contributed by atoms with Crippen molar-refractivity contribution in [2.24, 2.45) is 0 Å². The standard InChI is InChI=1S/C36H38/c1-27-11-19-31(20-12-27)35(32-21-13-28(2)14-22-32)9-7-5-6-8-10-36(33-23-15-29(3)16-24-33)34-25-17-30(4)18-26-34/h9-26H,5-8H2,1-4H3. The molecule has 4 aromatic rings. The molecule has 0 radical (unpaired) electrons. The Kier molecular flexibility index (Phi) is 8.74. The summed E-state index contributed by atoms with van der Waals surface area (Å²) in [5.41, 5.74) is 13.1. The van der Waals surface area contributed by atoms with Crippen molar-refractivity contribution >= 4 is 11.1 Å². The van der Waals surface area contributed by atoms with Crippen molar-refractivity contribution in [2.45, 2.75) is 53.4 Å². The van der Waals surface area contributed by atoms with Crippen molar-refractivity contribution in [1.29, 1.82) is 0 Å². The molecule has 0 aliphatic carbocycles. The summed E-state index contributed by atoms with van der Waals surface area (Å²) in [5, 5.41) is 0. The lowest BCUT2D eigenvalue weighted by molar-refractivity contribution is 0.763. The molecule has 0 aliphatic rings. The molecule has 182 valence electrons. The van der Waals surface area contributed by atoms with Gasteiger partial charge in [-0.3, -0.25) is 0 Å². The molecule has 4 aromatic carbocycles. The van der Waals surface area contributed by atoms with Gasteiger partial charge in [-0.1, -0.05) is 131 Å². The number of hydrogen-bond acceptors (Lipinski definition) is 0. The van der Waals surface area contributed by atoms with Crippen LogP contribution in [0.15, 0.2) is 109 Å². The van der Waals surface area contributed by atoms with Crippen LogP contribution in [0.2, 0.25) is 0 Å². The van der Waals surface area contributed by atoms with Crippen molar-refractivity contribution < 1.29 is 0 Å². The van der Waals surface area contributed by atoms with E-state index in [1.807, 2.05) is 0 Å². The Hall–Kier alpha value is -3.64. The molecule has 0 heterocycles. The summed E-state index contributed by atoms with van der Waals surface area (Å²) in [5.74, 6) is 0. The number of allylic oxidation sites excluding steroid dienone is 2. The van der Waals surface area contributed by atoms with Gasteiger partial charge in [0.15, 0.2) is 0 Å². The lowest BCUT2D eigenvalue weighted by Crippen LogP contribution is -1.90. The molecule has 0 saturated heterocycles. The summed E-state index contributed by atoms with van der Waals surface area (Å²) in [6, 6.07) is 35.7. The molecular formula is C36H38. The smallest absolute Gasteiger partial charge is 0.0151 e. The number of rotatable bonds is 9. The van der Waals surface area contributed by atoms with Gasteiger partial charge in [0.1, 0.15) is 0 Å². The topological polar surface area (TPSA) is 0 Å². The van der Waals surface area contributed by atoms with E-state index in [1.165, 1.54) is 68.5 Å². The molecule has 36 heavy (non-hydrogen) atoms. The molecule has 0 amide bonds. The maximum Gasteiger partial charge on any atom is -0.0151 e. The summed E-state index contributed by atoms with van der Waals surface area (Å²) in [4.78, 5) is 0. The monoisotopic (exact) mass is 470 g/mol. The van der Waals surface area contributed by atoms with E-state index in [0.29, 0.717) is 0 Å². The Bertz CT molecular complexity index is 1100. The predicted molar refractivity (Wildman–Crippen MR) is 157 cm³/mol. The molecule has 0 saturated carbocycles. The average Bonchev–Trinajstić information content (AvgIpc) is 2.89. The minimum absolute atomic E-state index is 1.08. The molecule has 0 unspecified atom stereocenters. The van der Waals surface area contributed by atoms with Gasteiger partial charge < -0.3 is 0 Å². The lowest BCUT2D eigenvalue weighted by atomic mass is 9.94. The van der Waals surface area contributed by atoms with Crippen molar-refractivity contribution in [2.75, 3.05) is 0 Å². The third kappa shape index (κ3) is 6.95. The zero-order chi connectivity index (χ0) is 25.3. The highest BCUT2D eigenvalue weighted by atomic mass is 14.1. The zero-order valence-electron chi connectivity index (χ0n) is 22.2. The minimum atomic E-state index is 1.08. The molecule has 0 heteroatoms. The maximum absolute atomic E-state index is 2.43. The van der Waals surface area contributed by atoms with Crippen LogP contribution >= 0.6 is 0 Å². The summed E-state index contributed by atoms with van der Waals surface area (Å²) in [7, 11) is 0. The Morgan fingerprint density at radius 2 is 0.611 bits per heavy atom. The highest BCUT2D eigenvalue weighted by Crippen LogP contribution is 2.27. The van der Waals surface area contributed by atoms with Gasteiger partial charge in [0.05, 0.1) is 0 Å². The van der Waals surface area contributed by atoms with Gasteiger partial charge in [-0.05, 0) is 86.8 Å². The van der Waals surface area contributed by atoms with Crippen LogP contribution in [-0.2, 0) is 0 Å². The maximum atomic E-state index is 2.43. The van der Waals surface area contributed by atoms with Gasteiger partial charge in [0.25, 0.3) is 0 Å². The Morgan fingerprint density at radius 3 is 0.833 bits per heavy atom. The quantitative estimate of drug-likeness (QED) is 0.213. The molecule has 0 fully saturated rings. The fourth-order valence-corrected chi connectivity index (χ4v) is 4.52. The Balaban J connectivity index is 1.46. The van der Waals surface area contributed by atoms with E-state index in [0.717, 1.165) is 12.8 Å². The molecule has 4 rings (SSSR count). The van der Waals surface area contributed by atoms with Crippen LogP contribution in [0.1, 0.15) is 70.2 Å². The summed E-state index contributed by atoms with van der Waals surface area (Å²) in [6.45, 7) is 8.59. The number of unbranched alkanes of at least 4 members (excludes halogenated alkanes) is 3. The molecular weight excluding hydrogens is 432 g/mol. The van der Waals surface area contributed by atoms with Crippen LogP contribution in [0.5, 0.6) is 0 Å². The molecule has 0 atom stereocenters. The fraction of sp³-hybridized carbons (Fsp3) is 0.222. The lowest BCUT2D eigenvalue weighted by Gasteiger charge is -2.11. The van der Waals surface area contributed by atoms with Crippen molar-refractivity contribution in [3.8, 4) is 0 Å². The van der Waals surface area contributed by atoms with Crippen LogP contribution in [0.25, 0.3) is 11.1 Å². The number of hydrogen-bond donors (Lipinski definition) is 0. The van der Waals surface area contributed by atoms with E-state index in [-0.39, 0.29) is 0 Å². The molecule has 0 spiro atoms. The first kappa shape index (κ1) is 25.5. The van der Waals surface area contributed by atoms with Crippen LogP contribution in [0.4, 0.5) is 0 Å². The molecule has 0 N–H and O–H groups in total. The van der Waals surface area contributed by atoms with Gasteiger partial charge >= 0.3 is 0 Å². The van der Waals surface area contributed by atoms with E-state index in [1.54, 1.807) is 0 Å². The second kappa shape index (κ2) is 12.4. The third-order valence-electron chi connectivity index (χ3n) is 6.81. The molecule has 0 aromatic heterocycles. The fourth-order valence-electron chi connectivity index (χ4n) is 4.52. The van der Waals surface area contributed by atoms with Gasteiger partial charge in [-0.2, -0.15) is 0 Å². The zero-order valence-corrected chi connectivity index (χ0v) is 22.2.